The van der Waals surface area contributed by atoms with Crippen molar-refractivity contribution < 1.29 is 18.9 Å². The van der Waals surface area contributed by atoms with Crippen molar-refractivity contribution in [3.8, 4) is 11.5 Å². The average molecular weight is 255 g/mol. The molecule has 0 saturated heterocycles. The Morgan fingerprint density at radius 1 is 0.889 bits per heavy atom. The molecule has 0 spiro atoms. The van der Waals surface area contributed by atoms with Gasteiger partial charge in [0.2, 0.25) is 0 Å². The van der Waals surface area contributed by atoms with Gasteiger partial charge in [-0.15, -0.1) is 0 Å². The van der Waals surface area contributed by atoms with Gasteiger partial charge >= 0.3 is 0 Å². The summed E-state index contributed by atoms with van der Waals surface area (Å²) in [6.45, 7) is 2.50. The van der Waals surface area contributed by atoms with Crippen LogP contribution in [0.4, 0.5) is 0 Å². The SMILES string of the molecule is COCCOc1ccc(CN)cc1OCCOC. The third-order valence-electron chi connectivity index (χ3n) is 2.33. The lowest BCUT2D eigenvalue weighted by molar-refractivity contribution is 0.132. The Hall–Kier alpha value is -1.30. The molecule has 18 heavy (non-hydrogen) atoms. The zero-order valence-corrected chi connectivity index (χ0v) is 11.0. The quantitative estimate of drug-likeness (QED) is 0.672. The van der Waals surface area contributed by atoms with E-state index in [4.69, 9.17) is 24.7 Å². The maximum atomic E-state index is 5.60. The van der Waals surface area contributed by atoms with Crippen molar-refractivity contribution in [2.24, 2.45) is 5.73 Å². The number of nitrogens with two attached hydrogens (primary N) is 1. The Labute approximate surface area is 108 Å². The highest BCUT2D eigenvalue weighted by molar-refractivity contribution is 5.43. The van der Waals surface area contributed by atoms with Crippen LogP contribution < -0.4 is 15.2 Å². The van der Waals surface area contributed by atoms with Gasteiger partial charge in [-0.1, -0.05) is 6.07 Å². The molecule has 0 radical (unpaired) electrons. The smallest absolute Gasteiger partial charge is 0.161 e. The van der Waals surface area contributed by atoms with E-state index in [9.17, 15) is 0 Å². The van der Waals surface area contributed by atoms with Crippen molar-refractivity contribution in [3.05, 3.63) is 23.8 Å². The number of benzene rings is 1. The van der Waals surface area contributed by atoms with E-state index >= 15 is 0 Å². The van der Waals surface area contributed by atoms with Gasteiger partial charge in [-0.3, -0.25) is 0 Å². The molecular weight excluding hydrogens is 234 g/mol. The number of methoxy groups -OCH3 is 2. The normalized spacial score (nSPS) is 10.4. The molecule has 1 rings (SSSR count). The van der Waals surface area contributed by atoms with Crippen LogP contribution in [-0.4, -0.2) is 40.6 Å². The Bertz CT molecular complexity index is 344. The standard InChI is InChI=1S/C13H21NO4/c1-15-5-7-17-12-4-3-11(10-14)9-13(12)18-8-6-16-2/h3-4,9H,5-8,10,14H2,1-2H3. The van der Waals surface area contributed by atoms with Crippen LogP contribution in [0, 0.1) is 0 Å². The Morgan fingerprint density at radius 2 is 1.50 bits per heavy atom. The van der Waals surface area contributed by atoms with Gasteiger partial charge < -0.3 is 24.7 Å². The second-order valence-electron chi connectivity index (χ2n) is 3.67. The van der Waals surface area contributed by atoms with Crippen molar-refractivity contribution in [2.45, 2.75) is 6.54 Å². The molecule has 102 valence electrons. The molecule has 0 unspecified atom stereocenters. The molecule has 0 amide bonds. The van der Waals surface area contributed by atoms with Gasteiger partial charge in [0.05, 0.1) is 13.2 Å². The summed E-state index contributed by atoms with van der Waals surface area (Å²) in [5.41, 5.74) is 6.61. The predicted octanol–water partition coefficient (Wildman–Crippen LogP) is 1.20. The Balaban J connectivity index is 2.66. The van der Waals surface area contributed by atoms with Crippen LogP contribution in [0.1, 0.15) is 5.56 Å². The minimum Gasteiger partial charge on any atom is -0.487 e. The van der Waals surface area contributed by atoms with Crippen LogP contribution in [0.3, 0.4) is 0 Å². The van der Waals surface area contributed by atoms with E-state index in [1.807, 2.05) is 18.2 Å². The Morgan fingerprint density at radius 3 is 2.06 bits per heavy atom. The van der Waals surface area contributed by atoms with Crippen LogP contribution in [-0.2, 0) is 16.0 Å². The molecular formula is C13H21NO4. The molecule has 0 aromatic heterocycles. The van der Waals surface area contributed by atoms with Gasteiger partial charge in [-0.25, -0.2) is 0 Å². The fourth-order valence-corrected chi connectivity index (χ4v) is 1.38. The molecule has 0 heterocycles. The van der Waals surface area contributed by atoms with Gasteiger partial charge in [0.15, 0.2) is 11.5 Å². The first-order chi connectivity index (χ1) is 8.81. The van der Waals surface area contributed by atoms with Crippen molar-refractivity contribution in [3.63, 3.8) is 0 Å². The molecule has 1 aromatic rings. The van der Waals surface area contributed by atoms with E-state index in [1.54, 1.807) is 14.2 Å². The fraction of sp³-hybridized carbons (Fsp3) is 0.538. The zero-order chi connectivity index (χ0) is 13.2. The predicted molar refractivity (Wildman–Crippen MR) is 69.1 cm³/mol. The van der Waals surface area contributed by atoms with Gasteiger partial charge in [0.1, 0.15) is 13.2 Å². The van der Waals surface area contributed by atoms with E-state index in [1.165, 1.54) is 0 Å². The first kappa shape index (κ1) is 14.8. The first-order valence-corrected chi connectivity index (χ1v) is 5.88. The molecule has 1 aromatic carbocycles. The third-order valence-corrected chi connectivity index (χ3v) is 2.33. The van der Waals surface area contributed by atoms with Crippen LogP contribution in [0.15, 0.2) is 18.2 Å². The van der Waals surface area contributed by atoms with Crippen LogP contribution >= 0.6 is 0 Å². The van der Waals surface area contributed by atoms with E-state index in [0.717, 1.165) is 5.56 Å². The third kappa shape index (κ3) is 4.91. The molecule has 0 atom stereocenters. The molecule has 0 aliphatic rings. The number of hydrogen-bond donors (Lipinski definition) is 1. The summed E-state index contributed by atoms with van der Waals surface area (Å²) in [4.78, 5) is 0. The highest BCUT2D eigenvalue weighted by Gasteiger charge is 2.06. The topological polar surface area (TPSA) is 62.9 Å². The summed E-state index contributed by atoms with van der Waals surface area (Å²) >= 11 is 0. The van der Waals surface area contributed by atoms with Crippen molar-refractivity contribution >= 4 is 0 Å². The summed E-state index contributed by atoms with van der Waals surface area (Å²) < 4.78 is 21.1. The lowest BCUT2D eigenvalue weighted by atomic mass is 10.2. The minimum absolute atomic E-state index is 0.471. The molecule has 0 bridgehead atoms. The zero-order valence-electron chi connectivity index (χ0n) is 11.0. The number of ether oxygens (including phenoxy) is 4. The van der Waals surface area contributed by atoms with Crippen LogP contribution in [0.25, 0.3) is 0 Å². The molecule has 5 heteroatoms. The second-order valence-corrected chi connectivity index (χ2v) is 3.67. The number of rotatable bonds is 9. The fourth-order valence-electron chi connectivity index (χ4n) is 1.38. The largest absolute Gasteiger partial charge is 0.487 e. The summed E-state index contributed by atoms with van der Waals surface area (Å²) in [6, 6.07) is 5.67. The van der Waals surface area contributed by atoms with Crippen molar-refractivity contribution in [1.29, 1.82) is 0 Å². The average Bonchev–Trinajstić information content (AvgIpc) is 2.40. The molecule has 0 fully saturated rings. The van der Waals surface area contributed by atoms with E-state index < -0.39 is 0 Å². The first-order valence-electron chi connectivity index (χ1n) is 5.88. The van der Waals surface area contributed by atoms with Crippen molar-refractivity contribution in [2.75, 3.05) is 40.6 Å². The van der Waals surface area contributed by atoms with Gasteiger partial charge in [0, 0.05) is 20.8 Å². The maximum absolute atomic E-state index is 5.60. The van der Waals surface area contributed by atoms with Gasteiger partial charge in [-0.05, 0) is 17.7 Å². The van der Waals surface area contributed by atoms with Crippen LogP contribution in [0.2, 0.25) is 0 Å². The highest BCUT2D eigenvalue weighted by atomic mass is 16.5. The maximum Gasteiger partial charge on any atom is 0.161 e. The van der Waals surface area contributed by atoms with Crippen LogP contribution in [0.5, 0.6) is 11.5 Å². The van der Waals surface area contributed by atoms with E-state index in [2.05, 4.69) is 0 Å². The van der Waals surface area contributed by atoms with E-state index in [-0.39, 0.29) is 0 Å². The second kappa shape index (κ2) is 8.74. The van der Waals surface area contributed by atoms with Gasteiger partial charge in [-0.2, -0.15) is 0 Å². The molecule has 0 aliphatic heterocycles. The number of hydrogen-bond acceptors (Lipinski definition) is 5. The summed E-state index contributed by atoms with van der Waals surface area (Å²) in [7, 11) is 3.27. The molecule has 0 aliphatic carbocycles. The summed E-state index contributed by atoms with van der Waals surface area (Å²) in [5, 5.41) is 0. The highest BCUT2D eigenvalue weighted by Crippen LogP contribution is 2.28. The summed E-state index contributed by atoms with van der Waals surface area (Å²) in [6.07, 6.45) is 0. The molecule has 0 saturated carbocycles. The lowest BCUT2D eigenvalue weighted by Gasteiger charge is -2.13. The molecule has 2 N–H and O–H groups in total. The minimum atomic E-state index is 0.471. The summed E-state index contributed by atoms with van der Waals surface area (Å²) in [5.74, 6) is 1.38. The van der Waals surface area contributed by atoms with E-state index in [0.29, 0.717) is 44.5 Å². The van der Waals surface area contributed by atoms with Crippen molar-refractivity contribution in [1.82, 2.24) is 0 Å². The monoisotopic (exact) mass is 255 g/mol. The lowest BCUT2D eigenvalue weighted by Crippen LogP contribution is -2.09. The molecule has 5 nitrogen and oxygen atoms in total. The Kier molecular flexibility index (Phi) is 7.17. The van der Waals surface area contributed by atoms with Gasteiger partial charge in [0.25, 0.3) is 0 Å².